The maximum absolute atomic E-state index is 12.0. The van der Waals surface area contributed by atoms with Gasteiger partial charge >= 0.3 is 0 Å². The van der Waals surface area contributed by atoms with E-state index < -0.39 is 4.92 Å². The zero-order valence-electron chi connectivity index (χ0n) is 14.0. The lowest BCUT2D eigenvalue weighted by molar-refractivity contribution is -0.385. The van der Waals surface area contributed by atoms with E-state index in [1.165, 1.54) is 12.3 Å². The number of hydrogen-bond acceptors (Lipinski definition) is 6. The molecule has 9 nitrogen and oxygen atoms in total. The quantitative estimate of drug-likeness (QED) is 0.648. The molecule has 25 heavy (non-hydrogen) atoms. The van der Waals surface area contributed by atoms with E-state index >= 15 is 0 Å². The Hall–Kier alpha value is -2.97. The average molecular weight is 344 g/mol. The minimum absolute atomic E-state index is 0.00301. The van der Waals surface area contributed by atoms with Crippen LogP contribution < -0.4 is 10.2 Å². The molecule has 0 aliphatic carbocycles. The van der Waals surface area contributed by atoms with E-state index in [1.807, 2.05) is 0 Å². The molecule has 1 fully saturated rings. The number of rotatable bonds is 5. The molecule has 3 rings (SSSR count). The lowest BCUT2D eigenvalue weighted by atomic mass is 9.96. The molecule has 132 valence electrons. The summed E-state index contributed by atoms with van der Waals surface area (Å²) in [5.74, 6) is 1.06. The average Bonchev–Trinajstić information content (AvgIpc) is 3.07. The first-order chi connectivity index (χ1) is 12.0. The van der Waals surface area contributed by atoms with Crippen molar-refractivity contribution in [1.82, 2.24) is 20.1 Å². The highest BCUT2D eigenvalue weighted by molar-refractivity contribution is 5.93. The maximum atomic E-state index is 12.0. The third-order valence-corrected chi connectivity index (χ3v) is 4.40. The van der Waals surface area contributed by atoms with Crippen LogP contribution in [0.3, 0.4) is 0 Å². The van der Waals surface area contributed by atoms with Crippen molar-refractivity contribution < 1.29 is 9.72 Å². The molecular weight excluding hydrogens is 324 g/mol. The van der Waals surface area contributed by atoms with Gasteiger partial charge in [0.15, 0.2) is 0 Å². The summed E-state index contributed by atoms with van der Waals surface area (Å²) >= 11 is 0. The number of aromatic nitrogens is 3. The van der Waals surface area contributed by atoms with Gasteiger partial charge in [0.2, 0.25) is 0 Å². The fourth-order valence-corrected chi connectivity index (χ4v) is 2.92. The predicted molar refractivity (Wildman–Crippen MR) is 91.4 cm³/mol. The Bertz CT molecular complexity index is 749. The molecule has 3 heterocycles. The second-order valence-electron chi connectivity index (χ2n) is 6.17. The number of aryl methyl sites for hydroxylation is 1. The molecule has 0 spiro atoms. The normalized spacial score (nSPS) is 15.2. The molecule has 0 aromatic carbocycles. The Balaban J connectivity index is 1.47. The molecule has 2 aromatic heterocycles. The monoisotopic (exact) mass is 344 g/mol. The molecule has 1 aliphatic rings. The van der Waals surface area contributed by atoms with Gasteiger partial charge in [-0.3, -0.25) is 19.6 Å². The number of anilines is 1. The van der Waals surface area contributed by atoms with Crippen LogP contribution in [-0.4, -0.2) is 45.2 Å². The molecule has 0 saturated carbocycles. The number of carbonyl (C=O) groups excluding carboxylic acids is 1. The van der Waals surface area contributed by atoms with Gasteiger partial charge in [-0.2, -0.15) is 5.10 Å². The Morgan fingerprint density at radius 1 is 1.36 bits per heavy atom. The molecule has 1 saturated heterocycles. The zero-order valence-corrected chi connectivity index (χ0v) is 14.0. The van der Waals surface area contributed by atoms with Crippen molar-refractivity contribution in [3.05, 3.63) is 46.4 Å². The first kappa shape index (κ1) is 16.9. The van der Waals surface area contributed by atoms with Gasteiger partial charge in [-0.15, -0.1) is 0 Å². The van der Waals surface area contributed by atoms with Crippen molar-refractivity contribution in [1.29, 1.82) is 0 Å². The van der Waals surface area contributed by atoms with Crippen LogP contribution in [0.2, 0.25) is 0 Å². The second kappa shape index (κ2) is 7.29. The van der Waals surface area contributed by atoms with Crippen molar-refractivity contribution in [3.8, 4) is 0 Å². The zero-order chi connectivity index (χ0) is 17.8. The van der Waals surface area contributed by atoms with Crippen LogP contribution in [0.1, 0.15) is 23.2 Å². The minimum Gasteiger partial charge on any atom is -0.357 e. The fraction of sp³-hybridized carbons (Fsp3) is 0.438. The van der Waals surface area contributed by atoms with Crippen LogP contribution in [0.25, 0.3) is 0 Å². The summed E-state index contributed by atoms with van der Waals surface area (Å²) in [4.78, 5) is 28.5. The Morgan fingerprint density at radius 3 is 2.68 bits per heavy atom. The summed E-state index contributed by atoms with van der Waals surface area (Å²) in [5.41, 5.74) is 0.562. The van der Waals surface area contributed by atoms with E-state index in [-0.39, 0.29) is 11.6 Å². The SMILES string of the molecule is Cn1cc(C(=O)NCC2CCN(c3ccc([N+](=O)[O-])cn3)CC2)cn1. The number of nitro groups is 1. The Labute approximate surface area is 144 Å². The van der Waals surface area contributed by atoms with Crippen LogP contribution in [0.4, 0.5) is 11.5 Å². The summed E-state index contributed by atoms with van der Waals surface area (Å²) in [7, 11) is 1.78. The molecule has 0 radical (unpaired) electrons. The summed E-state index contributed by atoms with van der Waals surface area (Å²) in [6, 6.07) is 3.16. The van der Waals surface area contributed by atoms with Gasteiger partial charge in [0.25, 0.3) is 11.6 Å². The van der Waals surface area contributed by atoms with Crippen LogP contribution in [0.15, 0.2) is 30.7 Å². The van der Waals surface area contributed by atoms with Gasteiger partial charge in [0, 0.05) is 38.9 Å². The van der Waals surface area contributed by atoms with Gasteiger partial charge < -0.3 is 10.2 Å². The van der Waals surface area contributed by atoms with Gasteiger partial charge in [-0.05, 0) is 24.8 Å². The summed E-state index contributed by atoms with van der Waals surface area (Å²) in [6.07, 6.45) is 6.41. The third kappa shape index (κ3) is 4.11. The van der Waals surface area contributed by atoms with E-state index in [1.54, 1.807) is 30.2 Å². The number of piperidine rings is 1. The van der Waals surface area contributed by atoms with Crippen LogP contribution >= 0.6 is 0 Å². The largest absolute Gasteiger partial charge is 0.357 e. The van der Waals surface area contributed by atoms with Crippen molar-refractivity contribution >= 4 is 17.4 Å². The number of nitrogens with one attached hydrogen (secondary N) is 1. The Morgan fingerprint density at radius 2 is 2.12 bits per heavy atom. The number of pyridine rings is 1. The summed E-state index contributed by atoms with van der Waals surface area (Å²) in [6.45, 7) is 2.27. The fourth-order valence-electron chi connectivity index (χ4n) is 2.92. The minimum atomic E-state index is -0.450. The van der Waals surface area contributed by atoms with Crippen molar-refractivity contribution in [2.24, 2.45) is 13.0 Å². The molecule has 1 aliphatic heterocycles. The second-order valence-corrected chi connectivity index (χ2v) is 6.17. The highest BCUT2D eigenvalue weighted by Gasteiger charge is 2.21. The van der Waals surface area contributed by atoms with Crippen LogP contribution in [0.5, 0.6) is 0 Å². The predicted octanol–water partition coefficient (Wildman–Crippen LogP) is 1.37. The van der Waals surface area contributed by atoms with Crippen molar-refractivity contribution in [2.75, 3.05) is 24.5 Å². The van der Waals surface area contributed by atoms with Crippen molar-refractivity contribution in [2.45, 2.75) is 12.8 Å². The van der Waals surface area contributed by atoms with E-state index in [4.69, 9.17) is 0 Å². The van der Waals surface area contributed by atoms with Gasteiger partial charge in [0.1, 0.15) is 12.0 Å². The smallest absolute Gasteiger partial charge is 0.287 e. The van der Waals surface area contributed by atoms with Crippen LogP contribution in [-0.2, 0) is 7.05 Å². The lowest BCUT2D eigenvalue weighted by Gasteiger charge is -2.32. The lowest BCUT2D eigenvalue weighted by Crippen LogP contribution is -2.39. The summed E-state index contributed by atoms with van der Waals surface area (Å²) < 4.78 is 1.60. The highest BCUT2D eigenvalue weighted by Crippen LogP contribution is 2.22. The van der Waals surface area contributed by atoms with E-state index in [0.29, 0.717) is 18.0 Å². The molecule has 2 aromatic rings. The van der Waals surface area contributed by atoms with Gasteiger partial charge in [-0.1, -0.05) is 0 Å². The van der Waals surface area contributed by atoms with E-state index in [2.05, 4.69) is 20.3 Å². The number of carbonyl (C=O) groups is 1. The summed E-state index contributed by atoms with van der Waals surface area (Å²) in [5, 5.41) is 17.6. The molecule has 1 N–H and O–H groups in total. The molecule has 1 amide bonds. The van der Waals surface area contributed by atoms with Crippen molar-refractivity contribution in [3.63, 3.8) is 0 Å². The van der Waals surface area contributed by atoms with E-state index in [0.717, 1.165) is 31.7 Å². The highest BCUT2D eigenvalue weighted by atomic mass is 16.6. The molecule has 0 bridgehead atoms. The van der Waals surface area contributed by atoms with E-state index in [9.17, 15) is 14.9 Å². The van der Waals surface area contributed by atoms with Gasteiger partial charge in [-0.25, -0.2) is 4.98 Å². The first-order valence-corrected chi connectivity index (χ1v) is 8.15. The number of nitrogens with zero attached hydrogens (tertiary/aromatic N) is 5. The first-order valence-electron chi connectivity index (χ1n) is 8.15. The standard InChI is InChI=1S/C16H20N6O3/c1-20-11-13(9-19-20)16(23)18-8-12-4-6-21(7-5-12)15-3-2-14(10-17-15)22(24)25/h2-3,9-12H,4-8H2,1H3,(H,18,23). The van der Waals surface area contributed by atoms with Crippen LogP contribution in [0, 0.1) is 16.0 Å². The third-order valence-electron chi connectivity index (χ3n) is 4.40. The molecular formula is C16H20N6O3. The molecule has 0 atom stereocenters. The number of amides is 1. The molecule has 9 heteroatoms. The maximum Gasteiger partial charge on any atom is 0.287 e. The topological polar surface area (TPSA) is 106 Å². The molecule has 0 unspecified atom stereocenters. The Kier molecular flexibility index (Phi) is 4.92. The number of hydrogen-bond donors (Lipinski definition) is 1. The van der Waals surface area contributed by atoms with Gasteiger partial charge in [0.05, 0.1) is 16.7 Å².